The SMILES string of the molecule is C[N+](C)(C)CCO.O=C([O-])[C@H](Oc1cccc(C(F)(F)F)c1)c1ccc(Cl)cc1. The maximum Gasteiger partial charge on any atom is 0.416 e. The predicted octanol–water partition coefficient (Wildman–Crippen LogP) is 2.91. The van der Waals surface area contributed by atoms with Gasteiger partial charge in [-0.25, -0.2) is 0 Å². The van der Waals surface area contributed by atoms with Gasteiger partial charge in [0.2, 0.25) is 0 Å². The van der Waals surface area contributed by atoms with E-state index in [0.29, 0.717) is 5.02 Å². The van der Waals surface area contributed by atoms with Gasteiger partial charge in [-0.15, -0.1) is 0 Å². The molecule has 0 saturated heterocycles. The van der Waals surface area contributed by atoms with E-state index in [-0.39, 0.29) is 17.9 Å². The maximum absolute atomic E-state index is 12.6. The number of nitrogens with zero attached hydrogens (tertiary/aromatic N) is 1. The van der Waals surface area contributed by atoms with E-state index in [4.69, 9.17) is 21.4 Å². The Morgan fingerprint density at radius 3 is 2.17 bits per heavy atom. The number of halogens is 4. The number of hydrogen-bond donors (Lipinski definition) is 1. The molecule has 2 aromatic rings. The minimum Gasteiger partial charge on any atom is -0.546 e. The van der Waals surface area contributed by atoms with Crippen LogP contribution in [0.2, 0.25) is 5.02 Å². The number of aliphatic carboxylic acids is 1. The van der Waals surface area contributed by atoms with Crippen LogP contribution in [0.15, 0.2) is 48.5 Å². The predicted molar refractivity (Wildman–Crippen MR) is 101 cm³/mol. The summed E-state index contributed by atoms with van der Waals surface area (Å²) in [6.45, 7) is 1.11. The van der Waals surface area contributed by atoms with E-state index in [0.717, 1.165) is 29.2 Å². The molecule has 0 radical (unpaired) electrons. The lowest BCUT2D eigenvalue weighted by molar-refractivity contribution is -0.870. The molecular weight excluding hydrogens is 411 g/mol. The van der Waals surface area contributed by atoms with Gasteiger partial charge in [0.05, 0.1) is 39.3 Å². The smallest absolute Gasteiger partial charge is 0.416 e. The Kier molecular flexibility index (Phi) is 8.94. The average Bonchev–Trinajstić information content (AvgIpc) is 2.59. The van der Waals surface area contributed by atoms with Crippen LogP contribution in [0.5, 0.6) is 5.75 Å². The van der Waals surface area contributed by atoms with Crippen LogP contribution in [0, 0.1) is 0 Å². The number of carbonyl (C=O) groups excluding carboxylic acids is 1. The molecule has 0 heterocycles. The average molecular weight is 434 g/mol. The summed E-state index contributed by atoms with van der Waals surface area (Å²) in [7, 11) is 6.16. The molecule has 0 aromatic heterocycles. The van der Waals surface area contributed by atoms with Crippen molar-refractivity contribution in [2.75, 3.05) is 34.3 Å². The van der Waals surface area contributed by atoms with E-state index < -0.39 is 23.8 Å². The van der Waals surface area contributed by atoms with Gasteiger partial charge in [0, 0.05) is 5.02 Å². The Hall–Kier alpha value is -2.29. The highest BCUT2D eigenvalue weighted by atomic mass is 35.5. The van der Waals surface area contributed by atoms with Crippen molar-refractivity contribution in [3.05, 3.63) is 64.7 Å². The summed E-state index contributed by atoms with van der Waals surface area (Å²) >= 11 is 5.70. The fourth-order valence-corrected chi connectivity index (χ4v) is 2.20. The van der Waals surface area contributed by atoms with Crippen LogP contribution in [0.3, 0.4) is 0 Å². The zero-order valence-electron chi connectivity index (χ0n) is 16.2. The van der Waals surface area contributed by atoms with Gasteiger partial charge in [0.1, 0.15) is 12.3 Å². The highest BCUT2D eigenvalue weighted by Gasteiger charge is 2.31. The van der Waals surface area contributed by atoms with Gasteiger partial charge >= 0.3 is 6.18 Å². The van der Waals surface area contributed by atoms with E-state index >= 15 is 0 Å². The number of aliphatic hydroxyl groups excluding tert-OH is 1. The third-order valence-corrected chi connectivity index (χ3v) is 3.82. The van der Waals surface area contributed by atoms with Crippen molar-refractivity contribution in [3.8, 4) is 5.75 Å². The molecule has 1 N–H and O–H groups in total. The third kappa shape index (κ3) is 9.17. The number of ether oxygens (including phenoxy) is 1. The molecule has 0 amide bonds. The zero-order chi connectivity index (χ0) is 22.2. The molecule has 0 bridgehead atoms. The van der Waals surface area contributed by atoms with Crippen LogP contribution in [0.25, 0.3) is 0 Å². The Labute approximate surface area is 172 Å². The first-order chi connectivity index (χ1) is 13.3. The minimum absolute atomic E-state index is 0.210. The molecule has 2 aromatic carbocycles. The summed E-state index contributed by atoms with van der Waals surface area (Å²) < 4.78 is 43.9. The van der Waals surface area contributed by atoms with Crippen molar-refractivity contribution < 1.29 is 37.4 Å². The Balaban J connectivity index is 0.000000516. The van der Waals surface area contributed by atoms with E-state index in [2.05, 4.69) is 21.1 Å². The normalized spacial score (nSPS) is 12.6. The monoisotopic (exact) mass is 433 g/mol. The number of carboxylic acids is 1. The molecule has 0 fully saturated rings. The fourth-order valence-electron chi connectivity index (χ4n) is 2.07. The Morgan fingerprint density at radius 1 is 1.17 bits per heavy atom. The summed E-state index contributed by atoms with van der Waals surface area (Å²) in [5.74, 6) is -1.79. The van der Waals surface area contributed by atoms with E-state index in [1.165, 1.54) is 30.3 Å². The lowest BCUT2D eigenvalue weighted by atomic mass is 10.1. The minimum atomic E-state index is -4.55. The van der Waals surface area contributed by atoms with Crippen LogP contribution in [0.1, 0.15) is 17.2 Å². The molecule has 9 heteroatoms. The summed E-state index contributed by atoms with van der Waals surface area (Å²) in [5, 5.41) is 20.0. The molecule has 29 heavy (non-hydrogen) atoms. The molecule has 0 saturated carbocycles. The summed E-state index contributed by atoms with van der Waals surface area (Å²) in [6, 6.07) is 9.65. The largest absolute Gasteiger partial charge is 0.546 e. The zero-order valence-corrected chi connectivity index (χ0v) is 17.0. The van der Waals surface area contributed by atoms with Crippen molar-refractivity contribution in [1.82, 2.24) is 0 Å². The molecule has 0 unspecified atom stereocenters. The first kappa shape index (κ1) is 24.7. The number of likely N-dealkylation sites (N-methyl/N-ethyl adjacent to an activating group) is 1. The van der Waals surface area contributed by atoms with Crippen LogP contribution in [-0.4, -0.2) is 49.9 Å². The van der Waals surface area contributed by atoms with Gasteiger partial charge in [-0.2, -0.15) is 13.2 Å². The lowest BCUT2D eigenvalue weighted by Gasteiger charge is -2.21. The number of aliphatic hydroxyl groups is 1. The van der Waals surface area contributed by atoms with Crippen molar-refractivity contribution in [2.24, 2.45) is 0 Å². The number of alkyl halides is 3. The van der Waals surface area contributed by atoms with Crippen LogP contribution >= 0.6 is 11.6 Å². The van der Waals surface area contributed by atoms with E-state index in [9.17, 15) is 23.1 Å². The molecule has 0 aliphatic carbocycles. The molecular formula is C20H23ClF3NO4. The van der Waals surface area contributed by atoms with Gasteiger partial charge < -0.3 is 24.2 Å². The van der Waals surface area contributed by atoms with E-state index in [1.54, 1.807) is 0 Å². The van der Waals surface area contributed by atoms with Gasteiger partial charge in [0.25, 0.3) is 0 Å². The molecule has 0 spiro atoms. The lowest BCUT2D eigenvalue weighted by Crippen LogP contribution is -2.36. The number of carboxylic acid groups (broad SMARTS) is 1. The first-order valence-electron chi connectivity index (χ1n) is 8.55. The summed E-state index contributed by atoms with van der Waals surface area (Å²) in [5.41, 5.74) is -0.722. The summed E-state index contributed by atoms with van der Waals surface area (Å²) in [6.07, 6.45) is -6.09. The van der Waals surface area contributed by atoms with Crippen LogP contribution in [0.4, 0.5) is 13.2 Å². The van der Waals surface area contributed by atoms with Gasteiger partial charge in [-0.3, -0.25) is 0 Å². The van der Waals surface area contributed by atoms with Crippen molar-refractivity contribution >= 4 is 17.6 Å². The van der Waals surface area contributed by atoms with Gasteiger partial charge in [0.15, 0.2) is 6.10 Å². The highest BCUT2D eigenvalue weighted by molar-refractivity contribution is 6.30. The van der Waals surface area contributed by atoms with Crippen molar-refractivity contribution in [1.29, 1.82) is 0 Å². The number of rotatable bonds is 6. The third-order valence-electron chi connectivity index (χ3n) is 3.57. The molecule has 0 aliphatic heterocycles. The number of carbonyl (C=O) groups is 1. The van der Waals surface area contributed by atoms with Crippen LogP contribution < -0.4 is 9.84 Å². The topological polar surface area (TPSA) is 69.6 Å². The molecule has 1 atom stereocenters. The second-order valence-corrected chi connectivity index (χ2v) is 7.57. The Bertz CT molecular complexity index is 790. The van der Waals surface area contributed by atoms with Crippen LogP contribution in [-0.2, 0) is 11.0 Å². The molecule has 5 nitrogen and oxygen atoms in total. The standard InChI is InChI=1S/C15H10ClF3O3.C5H14NO/c16-11-6-4-9(5-7-11)13(14(20)21)22-12-3-1-2-10(8-12)15(17,18)19;1-6(2,3)4-5-7/h1-8,13H,(H,20,21);7H,4-5H2,1-3H3/q;+1/p-1/t13-;/m1./s1. The molecule has 2 rings (SSSR count). The van der Waals surface area contributed by atoms with Gasteiger partial charge in [-0.05, 0) is 35.9 Å². The summed E-state index contributed by atoms with van der Waals surface area (Å²) in [4.78, 5) is 11.2. The number of quaternary nitrogens is 1. The fraction of sp³-hybridized carbons (Fsp3) is 0.350. The quantitative estimate of drug-likeness (QED) is 0.711. The molecule has 160 valence electrons. The molecule has 0 aliphatic rings. The number of benzene rings is 2. The number of hydrogen-bond acceptors (Lipinski definition) is 4. The first-order valence-corrected chi connectivity index (χ1v) is 8.93. The second kappa shape index (κ2) is 10.5. The maximum atomic E-state index is 12.6. The van der Waals surface area contributed by atoms with Crippen molar-refractivity contribution in [3.63, 3.8) is 0 Å². The van der Waals surface area contributed by atoms with Gasteiger partial charge in [-0.1, -0.05) is 29.8 Å². The van der Waals surface area contributed by atoms with Crippen molar-refractivity contribution in [2.45, 2.75) is 12.3 Å². The highest BCUT2D eigenvalue weighted by Crippen LogP contribution is 2.32. The Morgan fingerprint density at radius 2 is 1.76 bits per heavy atom. The second-order valence-electron chi connectivity index (χ2n) is 7.13. The van der Waals surface area contributed by atoms with E-state index in [1.807, 2.05) is 0 Å².